The van der Waals surface area contributed by atoms with E-state index in [2.05, 4.69) is 44.2 Å². The molecule has 130 valence electrons. The van der Waals surface area contributed by atoms with E-state index in [1.165, 1.54) is 5.56 Å². The van der Waals surface area contributed by atoms with Crippen molar-refractivity contribution in [2.24, 2.45) is 4.99 Å². The quantitative estimate of drug-likeness (QED) is 0.305. The van der Waals surface area contributed by atoms with Crippen LogP contribution in [0, 0.1) is 0 Å². The first kappa shape index (κ1) is 20.2. The number of sulfonamides is 1. The molecule has 1 fully saturated rings. The minimum atomic E-state index is -3.14. The van der Waals surface area contributed by atoms with Gasteiger partial charge in [-0.2, -0.15) is 0 Å². The van der Waals surface area contributed by atoms with E-state index in [9.17, 15) is 8.42 Å². The second kappa shape index (κ2) is 9.43. The topological polar surface area (TPSA) is 73.8 Å². The van der Waals surface area contributed by atoms with Crippen molar-refractivity contribution in [2.45, 2.75) is 12.3 Å². The highest BCUT2D eigenvalue weighted by Gasteiger charge is 2.25. The number of likely N-dealkylation sites (tertiary alicyclic amines) is 1. The molecule has 1 unspecified atom stereocenters. The van der Waals surface area contributed by atoms with Crippen LogP contribution in [0.2, 0.25) is 0 Å². The molecule has 2 N–H and O–H groups in total. The lowest BCUT2D eigenvalue weighted by Gasteiger charge is -2.21. The molecule has 6 nitrogen and oxygen atoms in total. The molecule has 0 radical (unpaired) electrons. The Morgan fingerprint density at radius 3 is 2.61 bits per heavy atom. The van der Waals surface area contributed by atoms with Crippen molar-refractivity contribution in [1.29, 1.82) is 0 Å². The van der Waals surface area contributed by atoms with Crippen molar-refractivity contribution in [3.8, 4) is 0 Å². The maximum absolute atomic E-state index is 11.0. The molecule has 0 aromatic heterocycles. The zero-order valence-corrected chi connectivity index (χ0v) is 16.7. The maximum atomic E-state index is 11.0. The Morgan fingerprint density at radius 2 is 2.00 bits per heavy atom. The molecule has 1 aromatic carbocycles. The Hall–Kier alpha value is -0.870. The smallest absolute Gasteiger partial charge is 0.208 e. The molecule has 0 amide bonds. The molecule has 0 bridgehead atoms. The monoisotopic (exact) mass is 452 g/mol. The van der Waals surface area contributed by atoms with E-state index in [1.54, 1.807) is 7.05 Å². The number of aliphatic imine (C=N–C) groups is 1. The van der Waals surface area contributed by atoms with Gasteiger partial charge >= 0.3 is 0 Å². The van der Waals surface area contributed by atoms with Crippen LogP contribution in [0.1, 0.15) is 17.9 Å². The lowest BCUT2D eigenvalue weighted by Crippen LogP contribution is -2.43. The van der Waals surface area contributed by atoms with Gasteiger partial charge in [-0.05, 0) is 12.0 Å². The number of hydrogen-bond acceptors (Lipinski definition) is 3. The number of rotatable bonds is 5. The van der Waals surface area contributed by atoms with Crippen molar-refractivity contribution in [2.75, 3.05) is 39.5 Å². The highest BCUT2D eigenvalue weighted by molar-refractivity contribution is 14.0. The van der Waals surface area contributed by atoms with E-state index in [-0.39, 0.29) is 24.0 Å². The number of halogens is 1. The highest BCUT2D eigenvalue weighted by Crippen LogP contribution is 2.26. The third kappa shape index (κ3) is 6.64. The number of nitrogens with zero attached hydrogens (tertiary/aromatic N) is 2. The summed E-state index contributed by atoms with van der Waals surface area (Å²) >= 11 is 0. The molecule has 1 atom stereocenters. The van der Waals surface area contributed by atoms with Gasteiger partial charge in [0, 0.05) is 39.1 Å². The van der Waals surface area contributed by atoms with E-state index in [0.717, 1.165) is 31.7 Å². The molecule has 0 spiro atoms. The lowest BCUT2D eigenvalue weighted by atomic mass is 9.99. The lowest BCUT2D eigenvalue weighted by molar-refractivity contribution is 0.486. The fraction of sp³-hybridized carbons (Fsp3) is 0.533. The minimum absolute atomic E-state index is 0. The van der Waals surface area contributed by atoms with Crippen LogP contribution in [0.25, 0.3) is 0 Å². The second-order valence-corrected chi connectivity index (χ2v) is 7.32. The first-order chi connectivity index (χ1) is 10.5. The summed E-state index contributed by atoms with van der Waals surface area (Å²) in [5.41, 5.74) is 1.36. The largest absolute Gasteiger partial charge is 0.355 e. The number of guanidine groups is 1. The van der Waals surface area contributed by atoms with Crippen molar-refractivity contribution < 1.29 is 8.42 Å². The summed E-state index contributed by atoms with van der Waals surface area (Å²) in [6, 6.07) is 10.5. The van der Waals surface area contributed by atoms with Crippen LogP contribution in [0.15, 0.2) is 35.3 Å². The van der Waals surface area contributed by atoms with Crippen molar-refractivity contribution in [1.82, 2.24) is 14.9 Å². The predicted molar refractivity (Wildman–Crippen MR) is 105 cm³/mol. The molecular formula is C15H25IN4O2S. The van der Waals surface area contributed by atoms with Gasteiger partial charge in [-0.25, -0.2) is 13.1 Å². The van der Waals surface area contributed by atoms with E-state index in [4.69, 9.17) is 0 Å². The van der Waals surface area contributed by atoms with E-state index in [0.29, 0.717) is 19.0 Å². The standard InChI is InChI=1S/C15H24N4O2S.HI/c1-16-15(17-9-10-18-22(2,20)21)19-11-8-14(12-19)13-6-4-3-5-7-13;/h3-7,14,18H,8-12H2,1-2H3,(H,16,17);1H. The Bertz CT molecular complexity index is 607. The van der Waals surface area contributed by atoms with E-state index in [1.807, 2.05) is 6.07 Å². The molecule has 8 heteroatoms. The zero-order chi connectivity index (χ0) is 16.0. The van der Waals surface area contributed by atoms with E-state index < -0.39 is 10.0 Å². The maximum Gasteiger partial charge on any atom is 0.208 e. The molecule has 1 saturated heterocycles. The summed E-state index contributed by atoms with van der Waals surface area (Å²) in [5.74, 6) is 1.35. The Labute approximate surface area is 155 Å². The van der Waals surface area contributed by atoms with Gasteiger partial charge in [-0.3, -0.25) is 4.99 Å². The summed E-state index contributed by atoms with van der Waals surface area (Å²) < 4.78 is 24.5. The third-order valence-electron chi connectivity index (χ3n) is 3.74. The van der Waals surface area contributed by atoms with E-state index >= 15 is 0 Å². The Balaban J connectivity index is 0.00000264. The summed E-state index contributed by atoms with van der Waals surface area (Å²) in [5, 5.41) is 3.20. The van der Waals surface area contributed by atoms with Crippen molar-refractivity contribution in [3.63, 3.8) is 0 Å². The van der Waals surface area contributed by atoms with Gasteiger partial charge < -0.3 is 10.2 Å². The van der Waals surface area contributed by atoms with Crippen LogP contribution in [0.5, 0.6) is 0 Å². The summed E-state index contributed by atoms with van der Waals surface area (Å²) in [4.78, 5) is 6.51. The molecular weight excluding hydrogens is 427 g/mol. The van der Waals surface area contributed by atoms with Crippen LogP contribution < -0.4 is 10.0 Å². The number of nitrogens with one attached hydrogen (secondary N) is 2. The van der Waals surface area contributed by atoms with Gasteiger partial charge in [-0.15, -0.1) is 24.0 Å². The molecule has 23 heavy (non-hydrogen) atoms. The molecule has 2 rings (SSSR count). The second-order valence-electron chi connectivity index (χ2n) is 5.48. The zero-order valence-electron chi connectivity index (χ0n) is 13.5. The average molecular weight is 452 g/mol. The van der Waals surface area contributed by atoms with Gasteiger partial charge in [0.25, 0.3) is 0 Å². The normalized spacial score (nSPS) is 18.6. The Morgan fingerprint density at radius 1 is 1.30 bits per heavy atom. The predicted octanol–water partition coefficient (Wildman–Crippen LogP) is 1.22. The van der Waals surface area contributed by atoms with Crippen molar-refractivity contribution in [3.05, 3.63) is 35.9 Å². The first-order valence-electron chi connectivity index (χ1n) is 7.45. The van der Waals surface area contributed by atoms with Crippen LogP contribution in [0.3, 0.4) is 0 Å². The van der Waals surface area contributed by atoms with Gasteiger partial charge in [0.05, 0.1) is 6.26 Å². The fourth-order valence-corrected chi connectivity index (χ4v) is 3.17. The number of benzene rings is 1. The van der Waals surface area contributed by atoms with Crippen molar-refractivity contribution >= 4 is 40.0 Å². The SMILES string of the molecule is CN=C(NCCNS(C)(=O)=O)N1CCC(c2ccccc2)C1.I. The summed E-state index contributed by atoms with van der Waals surface area (Å²) in [6.45, 7) is 2.77. The molecule has 0 aliphatic carbocycles. The Kier molecular flexibility index (Phi) is 8.27. The highest BCUT2D eigenvalue weighted by atomic mass is 127. The molecule has 1 aromatic rings. The first-order valence-corrected chi connectivity index (χ1v) is 9.34. The van der Waals surface area contributed by atoms with Gasteiger partial charge in [0.1, 0.15) is 0 Å². The molecule has 1 aliphatic rings. The molecule has 1 heterocycles. The number of hydrogen-bond donors (Lipinski definition) is 2. The van der Waals surface area contributed by atoms with Gasteiger partial charge in [-0.1, -0.05) is 30.3 Å². The van der Waals surface area contributed by atoms with Crippen LogP contribution in [-0.4, -0.2) is 58.8 Å². The average Bonchev–Trinajstić information content (AvgIpc) is 2.97. The van der Waals surface area contributed by atoms with Gasteiger partial charge in [0.15, 0.2) is 5.96 Å². The molecule has 1 aliphatic heterocycles. The summed E-state index contributed by atoms with van der Waals surface area (Å²) in [7, 11) is -1.38. The van der Waals surface area contributed by atoms with Crippen LogP contribution >= 0.6 is 24.0 Å². The van der Waals surface area contributed by atoms with Gasteiger partial charge in [0.2, 0.25) is 10.0 Å². The third-order valence-corrected chi connectivity index (χ3v) is 4.47. The molecule has 0 saturated carbocycles. The fourth-order valence-electron chi connectivity index (χ4n) is 2.69. The minimum Gasteiger partial charge on any atom is -0.355 e. The summed E-state index contributed by atoms with van der Waals surface area (Å²) in [6.07, 6.45) is 2.26. The van der Waals surface area contributed by atoms with Crippen LogP contribution in [0.4, 0.5) is 0 Å². The van der Waals surface area contributed by atoms with Crippen LogP contribution in [-0.2, 0) is 10.0 Å².